The third kappa shape index (κ3) is 4.05. The molecule has 3 N–H and O–H groups in total. The van der Waals surface area contributed by atoms with Gasteiger partial charge in [-0.2, -0.15) is 0 Å². The second-order valence-electron chi connectivity index (χ2n) is 4.32. The maximum absolute atomic E-state index is 13.1. The molecule has 0 saturated heterocycles. The van der Waals surface area contributed by atoms with Crippen molar-refractivity contribution in [1.29, 1.82) is 0 Å². The molecule has 0 unspecified atom stereocenters. The lowest BCUT2D eigenvalue weighted by atomic mass is 10.1. The quantitative estimate of drug-likeness (QED) is 0.832. The number of nitrogens with two attached hydrogens (primary N) is 1. The van der Waals surface area contributed by atoms with Gasteiger partial charge in [0.2, 0.25) is 5.91 Å². The molecule has 22 heavy (non-hydrogen) atoms. The fourth-order valence-corrected chi connectivity index (χ4v) is 2.43. The lowest BCUT2D eigenvalue weighted by Gasteiger charge is -2.08. The summed E-state index contributed by atoms with van der Waals surface area (Å²) in [6.07, 6.45) is 0. The van der Waals surface area contributed by atoms with Crippen molar-refractivity contribution in [1.82, 2.24) is 0 Å². The first-order valence-electron chi connectivity index (χ1n) is 6.24. The Bertz CT molecular complexity index is 722. The number of rotatable bonds is 5. The van der Waals surface area contributed by atoms with E-state index in [1.165, 1.54) is 12.1 Å². The van der Waals surface area contributed by atoms with E-state index >= 15 is 0 Å². The highest BCUT2D eigenvalue weighted by Gasteiger charge is 2.11. The molecule has 2 amide bonds. The van der Waals surface area contributed by atoms with Gasteiger partial charge < -0.3 is 11.1 Å². The number of hydrogen-bond acceptors (Lipinski definition) is 3. The summed E-state index contributed by atoms with van der Waals surface area (Å²) < 4.78 is 25.8. The molecule has 0 spiro atoms. The number of benzene rings is 2. The molecule has 0 bridgehead atoms. The number of primary amides is 1. The zero-order valence-corrected chi connectivity index (χ0v) is 12.1. The average Bonchev–Trinajstić information content (AvgIpc) is 2.49. The van der Waals surface area contributed by atoms with Gasteiger partial charge in [0.25, 0.3) is 5.91 Å². The number of nitrogens with one attached hydrogen (secondary N) is 1. The lowest BCUT2D eigenvalue weighted by molar-refractivity contribution is -0.113. The molecule has 0 fully saturated rings. The van der Waals surface area contributed by atoms with E-state index in [1.807, 2.05) is 0 Å². The van der Waals surface area contributed by atoms with Crippen molar-refractivity contribution in [2.45, 2.75) is 4.90 Å². The zero-order valence-electron chi connectivity index (χ0n) is 11.3. The monoisotopic (exact) mass is 322 g/mol. The van der Waals surface area contributed by atoms with Gasteiger partial charge in [-0.15, -0.1) is 11.8 Å². The topological polar surface area (TPSA) is 72.2 Å². The van der Waals surface area contributed by atoms with Crippen LogP contribution in [0, 0.1) is 11.6 Å². The van der Waals surface area contributed by atoms with Gasteiger partial charge in [-0.3, -0.25) is 9.59 Å². The Morgan fingerprint density at radius 1 is 1.09 bits per heavy atom. The Hall–Kier alpha value is -2.41. The van der Waals surface area contributed by atoms with Gasteiger partial charge in [-0.1, -0.05) is 12.1 Å². The summed E-state index contributed by atoms with van der Waals surface area (Å²) in [7, 11) is 0. The zero-order chi connectivity index (χ0) is 16.1. The summed E-state index contributed by atoms with van der Waals surface area (Å²) in [6.45, 7) is 0. The molecule has 2 rings (SSSR count). The molecule has 0 aromatic heterocycles. The van der Waals surface area contributed by atoms with Crippen molar-refractivity contribution in [2.24, 2.45) is 5.73 Å². The minimum Gasteiger partial charge on any atom is -0.366 e. The molecular weight excluding hydrogens is 310 g/mol. The first kappa shape index (κ1) is 16.0. The molecule has 2 aromatic rings. The Morgan fingerprint density at radius 2 is 1.82 bits per heavy atom. The van der Waals surface area contributed by atoms with Crippen molar-refractivity contribution >= 4 is 29.3 Å². The SMILES string of the molecule is NC(=O)c1ccccc1NC(=O)CSc1ccc(F)c(F)c1. The van der Waals surface area contributed by atoms with E-state index in [0.29, 0.717) is 10.6 Å². The second-order valence-corrected chi connectivity index (χ2v) is 5.37. The van der Waals surface area contributed by atoms with Crippen LogP contribution in [0.5, 0.6) is 0 Å². The Kier molecular flexibility index (Phi) is 5.11. The predicted octanol–water partition coefficient (Wildman–Crippen LogP) is 2.79. The Balaban J connectivity index is 1.99. The van der Waals surface area contributed by atoms with Gasteiger partial charge >= 0.3 is 0 Å². The summed E-state index contributed by atoms with van der Waals surface area (Å²) in [4.78, 5) is 23.5. The van der Waals surface area contributed by atoms with E-state index < -0.39 is 17.5 Å². The van der Waals surface area contributed by atoms with Gasteiger partial charge in [0.05, 0.1) is 17.0 Å². The number of thioether (sulfide) groups is 1. The highest BCUT2D eigenvalue weighted by atomic mass is 32.2. The molecule has 114 valence electrons. The standard InChI is InChI=1S/C15H12F2N2O2S/c16-11-6-5-9(7-12(11)17)22-8-14(20)19-13-4-2-1-3-10(13)15(18)21/h1-7H,8H2,(H2,18,21)(H,19,20). The van der Waals surface area contributed by atoms with Crippen molar-refractivity contribution in [3.63, 3.8) is 0 Å². The van der Waals surface area contributed by atoms with Gasteiger partial charge in [0, 0.05) is 4.90 Å². The normalized spacial score (nSPS) is 10.3. The summed E-state index contributed by atoms with van der Waals surface area (Å²) in [6, 6.07) is 9.74. The number of hydrogen-bond donors (Lipinski definition) is 2. The molecule has 0 heterocycles. The van der Waals surface area contributed by atoms with Crippen molar-refractivity contribution in [3.05, 3.63) is 59.7 Å². The molecule has 0 aliphatic carbocycles. The number of amides is 2. The van der Waals surface area contributed by atoms with E-state index in [9.17, 15) is 18.4 Å². The molecule has 0 saturated carbocycles. The van der Waals surface area contributed by atoms with E-state index in [-0.39, 0.29) is 17.2 Å². The van der Waals surface area contributed by atoms with Crippen LogP contribution in [0.3, 0.4) is 0 Å². The Labute approximate surface area is 129 Å². The van der Waals surface area contributed by atoms with Crippen LogP contribution in [0.15, 0.2) is 47.4 Å². The van der Waals surface area contributed by atoms with E-state index in [0.717, 1.165) is 23.9 Å². The number of carbonyl (C=O) groups excluding carboxylic acids is 2. The van der Waals surface area contributed by atoms with Crippen LogP contribution in [0.4, 0.5) is 14.5 Å². The number of halogens is 2. The third-order valence-corrected chi connectivity index (χ3v) is 3.72. The van der Waals surface area contributed by atoms with Crippen molar-refractivity contribution < 1.29 is 18.4 Å². The smallest absolute Gasteiger partial charge is 0.250 e. The maximum Gasteiger partial charge on any atom is 0.250 e. The molecular formula is C15H12F2N2O2S. The summed E-state index contributed by atoms with van der Waals surface area (Å²) >= 11 is 1.05. The van der Waals surface area contributed by atoms with Crippen LogP contribution in [0.25, 0.3) is 0 Å². The van der Waals surface area contributed by atoms with Crippen LogP contribution < -0.4 is 11.1 Å². The summed E-state index contributed by atoms with van der Waals surface area (Å²) in [5.74, 6) is -2.96. The maximum atomic E-state index is 13.1. The first-order chi connectivity index (χ1) is 10.5. The molecule has 2 aromatic carbocycles. The molecule has 0 radical (unpaired) electrons. The Morgan fingerprint density at radius 3 is 2.50 bits per heavy atom. The molecule has 7 heteroatoms. The summed E-state index contributed by atoms with van der Waals surface area (Å²) in [5, 5.41) is 2.56. The first-order valence-corrected chi connectivity index (χ1v) is 7.22. The van der Waals surface area contributed by atoms with Crippen LogP contribution in [0.2, 0.25) is 0 Å². The molecule has 0 aliphatic heterocycles. The highest BCUT2D eigenvalue weighted by molar-refractivity contribution is 8.00. The van der Waals surface area contributed by atoms with E-state index in [2.05, 4.69) is 5.32 Å². The fourth-order valence-electron chi connectivity index (χ4n) is 1.71. The lowest BCUT2D eigenvalue weighted by Crippen LogP contribution is -2.19. The minimum atomic E-state index is -0.968. The predicted molar refractivity (Wildman–Crippen MR) is 80.7 cm³/mol. The van der Waals surface area contributed by atoms with Crippen molar-refractivity contribution in [2.75, 3.05) is 11.1 Å². The van der Waals surface area contributed by atoms with Gasteiger partial charge in [0.1, 0.15) is 0 Å². The average molecular weight is 322 g/mol. The molecule has 0 aliphatic rings. The van der Waals surface area contributed by atoms with E-state index in [4.69, 9.17) is 5.73 Å². The van der Waals surface area contributed by atoms with Gasteiger partial charge in [0.15, 0.2) is 11.6 Å². The van der Waals surface area contributed by atoms with Crippen molar-refractivity contribution in [3.8, 4) is 0 Å². The van der Waals surface area contributed by atoms with Gasteiger partial charge in [-0.05, 0) is 30.3 Å². The fraction of sp³-hybridized carbons (Fsp3) is 0.0667. The summed E-state index contributed by atoms with van der Waals surface area (Å²) in [5.41, 5.74) is 5.73. The van der Waals surface area contributed by atoms with Crippen LogP contribution in [-0.4, -0.2) is 17.6 Å². The minimum absolute atomic E-state index is 0.0157. The molecule has 0 atom stereocenters. The van der Waals surface area contributed by atoms with Gasteiger partial charge in [-0.25, -0.2) is 8.78 Å². The highest BCUT2D eigenvalue weighted by Crippen LogP contribution is 2.21. The number of carbonyl (C=O) groups is 2. The second kappa shape index (κ2) is 7.04. The number of para-hydroxylation sites is 1. The number of anilines is 1. The van der Waals surface area contributed by atoms with Crippen LogP contribution >= 0.6 is 11.8 Å². The largest absolute Gasteiger partial charge is 0.366 e. The third-order valence-electron chi connectivity index (χ3n) is 2.73. The molecule has 4 nitrogen and oxygen atoms in total. The van der Waals surface area contributed by atoms with E-state index in [1.54, 1.807) is 18.2 Å². The van der Waals surface area contributed by atoms with Crippen LogP contribution in [-0.2, 0) is 4.79 Å². The van der Waals surface area contributed by atoms with Crippen LogP contribution in [0.1, 0.15) is 10.4 Å².